The number of halogens is 1. The molecular weight excluding hydrogens is 976 g/mol. The predicted molar refractivity (Wildman–Crippen MR) is 257 cm³/mol. The minimum atomic E-state index is -1.98. The van der Waals surface area contributed by atoms with E-state index in [1.165, 1.54) is 29.0 Å². The van der Waals surface area contributed by atoms with Gasteiger partial charge in [0.05, 0.1) is 34.7 Å². The molecular formula is C54H45FIrN4SSi-2. The van der Waals surface area contributed by atoms with E-state index in [1.807, 2.05) is 43.9 Å². The number of imidazole rings is 1. The van der Waals surface area contributed by atoms with Crippen LogP contribution in [0.5, 0.6) is 0 Å². The van der Waals surface area contributed by atoms with Crippen molar-refractivity contribution in [2.75, 3.05) is 0 Å². The fraction of sp³-hybridized carbons (Fsp3) is 0.130. The van der Waals surface area contributed by atoms with Gasteiger partial charge in [-0.05, 0) is 75.5 Å². The predicted octanol–water partition coefficient (Wildman–Crippen LogP) is 14.1. The fourth-order valence-electron chi connectivity index (χ4n) is 7.35. The molecule has 0 saturated heterocycles. The number of hydrogen-bond acceptors (Lipinski definition) is 4. The van der Waals surface area contributed by atoms with E-state index in [9.17, 15) is 4.39 Å². The third kappa shape index (κ3) is 8.48. The van der Waals surface area contributed by atoms with E-state index in [4.69, 9.17) is 13.2 Å². The van der Waals surface area contributed by atoms with Gasteiger partial charge in [-0.3, -0.25) is 4.98 Å². The number of pyridine rings is 2. The molecule has 0 saturated carbocycles. The summed E-state index contributed by atoms with van der Waals surface area (Å²) in [5.41, 5.74) is 9.76. The SMILES string of the molecule is CC(C)(C)c1cc(-c2ccccc2)c(-n2c(-c3[c-]ccc4c3sc3nc(F)ccc34)nc3ccccc32)c(-c2ccccc2)c1.[2H]c1[c-]c(-c2nc([2H])c([Si](C)(C)C)c([2H])c2[2H])cc([2H])c1[2H].[Ir]. The van der Waals surface area contributed by atoms with Crippen LogP contribution < -0.4 is 5.19 Å². The molecule has 4 heterocycles. The molecule has 0 amide bonds. The molecule has 0 aliphatic rings. The summed E-state index contributed by atoms with van der Waals surface area (Å²) in [7, 11) is -1.98. The van der Waals surface area contributed by atoms with Gasteiger partial charge in [0.1, 0.15) is 4.83 Å². The number of thiophene rings is 1. The van der Waals surface area contributed by atoms with E-state index >= 15 is 0 Å². The van der Waals surface area contributed by atoms with Gasteiger partial charge in [0, 0.05) is 45.5 Å². The Bertz CT molecular complexity index is 3450. The first-order chi connectivity index (χ1) is 31.9. The number of hydrogen-bond donors (Lipinski definition) is 0. The normalized spacial score (nSPS) is 13.0. The molecule has 309 valence electrons. The van der Waals surface area contributed by atoms with Crippen molar-refractivity contribution in [2.24, 2.45) is 0 Å². The van der Waals surface area contributed by atoms with Crippen molar-refractivity contribution in [3.8, 4) is 50.6 Å². The number of nitrogens with zero attached hydrogens (tertiary/aromatic N) is 4. The van der Waals surface area contributed by atoms with Crippen molar-refractivity contribution < 1.29 is 32.7 Å². The molecule has 62 heavy (non-hydrogen) atoms. The molecule has 4 aromatic heterocycles. The molecule has 10 aromatic rings. The van der Waals surface area contributed by atoms with Gasteiger partial charge in [-0.2, -0.15) is 15.7 Å². The molecule has 0 spiro atoms. The Kier molecular flexibility index (Phi) is 10.1. The Morgan fingerprint density at radius 1 is 0.742 bits per heavy atom. The van der Waals surface area contributed by atoms with Gasteiger partial charge in [-0.15, -0.1) is 54.0 Å². The number of fused-ring (bicyclic) bond motifs is 4. The first-order valence-corrected chi connectivity index (χ1v) is 24.4. The molecule has 0 aliphatic carbocycles. The van der Waals surface area contributed by atoms with Crippen molar-refractivity contribution in [1.29, 1.82) is 0 Å². The van der Waals surface area contributed by atoms with Crippen molar-refractivity contribution in [3.05, 3.63) is 187 Å². The second-order valence-corrected chi connectivity index (χ2v) is 22.9. The Balaban J connectivity index is 0.000000230. The van der Waals surface area contributed by atoms with Crippen LogP contribution in [0.1, 0.15) is 34.6 Å². The molecule has 6 aromatic carbocycles. The molecule has 4 nitrogen and oxygen atoms in total. The second-order valence-electron chi connectivity index (χ2n) is 16.9. The van der Waals surface area contributed by atoms with Crippen LogP contribution in [0, 0.1) is 18.1 Å². The first kappa shape index (κ1) is 35.7. The Morgan fingerprint density at radius 2 is 1.42 bits per heavy atom. The van der Waals surface area contributed by atoms with Gasteiger partial charge >= 0.3 is 0 Å². The van der Waals surface area contributed by atoms with E-state index in [1.54, 1.807) is 0 Å². The smallest absolute Gasteiger partial charge is 0.214 e. The van der Waals surface area contributed by atoms with Crippen molar-refractivity contribution in [3.63, 3.8) is 0 Å². The average Bonchev–Trinajstić information content (AvgIpc) is 3.87. The Hall–Kier alpha value is -5.89. The van der Waals surface area contributed by atoms with Gasteiger partial charge in [-0.1, -0.05) is 136 Å². The Labute approximate surface area is 390 Å². The van der Waals surface area contributed by atoms with E-state index in [2.05, 4.69) is 138 Å². The largest absolute Gasteiger partial charge is 0.332 e. The van der Waals surface area contributed by atoms with Crippen LogP contribution in [0.2, 0.25) is 19.6 Å². The van der Waals surface area contributed by atoms with E-state index in [0.29, 0.717) is 10.0 Å². The number of para-hydroxylation sites is 2. The van der Waals surface area contributed by atoms with E-state index in [0.717, 1.165) is 65.8 Å². The first-order valence-electron chi connectivity index (χ1n) is 23.1. The van der Waals surface area contributed by atoms with Crippen molar-refractivity contribution >= 4 is 55.9 Å². The molecule has 0 aliphatic heterocycles. The number of aromatic nitrogens is 4. The van der Waals surface area contributed by atoms with Crippen LogP contribution in [0.4, 0.5) is 4.39 Å². The zero-order chi connectivity index (χ0) is 47.5. The van der Waals surface area contributed by atoms with Crippen LogP contribution in [0.25, 0.3) is 81.9 Å². The topological polar surface area (TPSA) is 43.6 Å². The molecule has 0 atom stereocenters. The zero-order valence-electron chi connectivity index (χ0n) is 41.0. The number of rotatable bonds is 6. The molecule has 0 unspecified atom stereocenters. The van der Waals surface area contributed by atoms with Crippen molar-refractivity contribution in [2.45, 2.75) is 45.8 Å². The molecule has 0 fully saturated rings. The standard InChI is InChI=1S/C40H29FN3S.C14H16NSi.Ir/c1-40(2,3)27-23-31(25-13-6-4-7-14-25)36(32(24-27)26-15-8-5-9-16-26)44-34-20-11-10-19-33(34)42-38(44)30-18-12-17-28-29-21-22-35(41)43-39(29)45-37(28)30;1-16(2,3)13-9-10-14(15-11-13)12-7-5-4-6-8-12;/h4-17,19-24H,1-3H3;4-7,9-11H,1-3H3;/q2*-1;/i;4D,5D,6D,9D,10D,11D;. The molecule has 0 N–H and O–H groups in total. The van der Waals surface area contributed by atoms with Gasteiger partial charge in [0.2, 0.25) is 5.95 Å². The summed E-state index contributed by atoms with van der Waals surface area (Å²) in [5.74, 6) is 0.303. The third-order valence-corrected chi connectivity index (χ3v) is 13.4. The minimum Gasteiger partial charge on any atom is -0.332 e. The van der Waals surface area contributed by atoms with Gasteiger partial charge < -0.3 is 9.55 Å². The van der Waals surface area contributed by atoms with Gasteiger partial charge in [0.15, 0.2) is 0 Å². The van der Waals surface area contributed by atoms with E-state index < -0.39 is 14.0 Å². The third-order valence-electron chi connectivity index (χ3n) is 10.6. The zero-order valence-corrected chi connectivity index (χ0v) is 39.2. The summed E-state index contributed by atoms with van der Waals surface area (Å²) in [6, 6.07) is 48.0. The summed E-state index contributed by atoms with van der Waals surface area (Å²) >= 11 is 1.48. The van der Waals surface area contributed by atoms with Crippen molar-refractivity contribution in [1.82, 2.24) is 19.5 Å². The minimum absolute atomic E-state index is 0. The monoisotopic (exact) mass is 1030 g/mol. The van der Waals surface area contributed by atoms with Crippen LogP contribution in [-0.2, 0) is 25.5 Å². The summed E-state index contributed by atoms with van der Waals surface area (Å²) < 4.78 is 64.7. The number of benzene rings is 6. The van der Waals surface area contributed by atoms with Gasteiger partial charge in [-0.25, -0.2) is 4.98 Å². The fourth-order valence-corrected chi connectivity index (χ4v) is 9.33. The second kappa shape index (κ2) is 17.5. The molecule has 1 radical (unpaired) electrons. The van der Waals surface area contributed by atoms with Crippen LogP contribution >= 0.6 is 11.3 Å². The maximum Gasteiger partial charge on any atom is 0.214 e. The van der Waals surface area contributed by atoms with Crippen LogP contribution in [0.15, 0.2) is 164 Å². The summed E-state index contributed by atoms with van der Waals surface area (Å²) in [5, 5.41) is 2.47. The summed E-state index contributed by atoms with van der Waals surface area (Å²) in [4.78, 5) is 14.3. The maximum atomic E-state index is 14.2. The summed E-state index contributed by atoms with van der Waals surface area (Å²) in [6.45, 7) is 12.8. The summed E-state index contributed by atoms with van der Waals surface area (Å²) in [6.07, 6.45) is -0.0309. The Morgan fingerprint density at radius 3 is 2.08 bits per heavy atom. The quantitative estimate of drug-likeness (QED) is 0.0947. The molecule has 8 heteroatoms. The average molecular weight is 1030 g/mol. The van der Waals surface area contributed by atoms with Crippen LogP contribution in [0.3, 0.4) is 0 Å². The van der Waals surface area contributed by atoms with Crippen LogP contribution in [-0.4, -0.2) is 27.6 Å². The maximum absolute atomic E-state index is 14.2. The van der Waals surface area contributed by atoms with Gasteiger partial charge in [0.25, 0.3) is 0 Å². The molecule has 10 rings (SSSR count). The molecule has 0 bridgehead atoms. The van der Waals surface area contributed by atoms with E-state index in [-0.39, 0.29) is 73.2 Å².